The molecule has 0 aliphatic carbocycles. The molecule has 0 spiro atoms. The van der Waals surface area contributed by atoms with Crippen LogP contribution in [-0.4, -0.2) is 56.4 Å². The first-order valence-electron chi connectivity index (χ1n) is 9.13. The number of imide groups is 1. The fraction of sp³-hybridized carbons (Fsp3) is 0.500. The minimum atomic E-state index is -3.91. The SMILES string of the molecule is CC(C)CNC(=O)NC(=O)COC(=O)[C@@H]1CCCN1S(=O)(=O)c1ccc(Cl)cc1. The van der Waals surface area contributed by atoms with Crippen LogP contribution in [0.1, 0.15) is 26.7 Å². The number of nitrogens with zero attached hydrogens (tertiary/aromatic N) is 1. The van der Waals surface area contributed by atoms with Crippen molar-refractivity contribution in [2.75, 3.05) is 19.7 Å². The Bertz CT molecular complexity index is 857. The van der Waals surface area contributed by atoms with Crippen molar-refractivity contribution >= 4 is 39.5 Å². The number of benzene rings is 1. The monoisotopic (exact) mass is 445 g/mol. The highest BCUT2D eigenvalue weighted by Crippen LogP contribution is 2.27. The van der Waals surface area contributed by atoms with Crippen LogP contribution in [0.2, 0.25) is 5.02 Å². The molecule has 9 nitrogen and oxygen atoms in total. The number of hydrogen-bond acceptors (Lipinski definition) is 6. The Morgan fingerprint density at radius 1 is 1.24 bits per heavy atom. The Kier molecular flexibility index (Phi) is 8.00. The molecule has 1 aromatic rings. The van der Waals surface area contributed by atoms with Gasteiger partial charge in [-0.1, -0.05) is 25.4 Å². The Morgan fingerprint density at radius 2 is 1.90 bits per heavy atom. The van der Waals surface area contributed by atoms with Crippen molar-refractivity contribution < 1.29 is 27.5 Å². The van der Waals surface area contributed by atoms with Crippen molar-refractivity contribution in [3.05, 3.63) is 29.3 Å². The summed E-state index contributed by atoms with van der Waals surface area (Å²) in [5.74, 6) is -1.42. The predicted molar refractivity (Wildman–Crippen MR) is 106 cm³/mol. The van der Waals surface area contributed by atoms with E-state index in [1.807, 2.05) is 19.2 Å². The third kappa shape index (κ3) is 6.41. The summed E-state index contributed by atoms with van der Waals surface area (Å²) in [4.78, 5) is 35.7. The average molecular weight is 446 g/mol. The third-order valence-corrected chi connectivity index (χ3v) is 6.34. The first kappa shape index (κ1) is 23.1. The molecule has 11 heteroatoms. The van der Waals surface area contributed by atoms with Gasteiger partial charge in [-0.15, -0.1) is 0 Å². The minimum absolute atomic E-state index is 0.0150. The van der Waals surface area contributed by atoms with Gasteiger partial charge in [-0.05, 0) is 43.0 Å². The maximum absolute atomic E-state index is 12.8. The number of ether oxygens (including phenoxy) is 1. The Morgan fingerprint density at radius 3 is 2.52 bits per heavy atom. The van der Waals surface area contributed by atoms with Crippen LogP contribution >= 0.6 is 11.6 Å². The van der Waals surface area contributed by atoms with Gasteiger partial charge in [-0.25, -0.2) is 13.2 Å². The second-order valence-electron chi connectivity index (χ2n) is 6.99. The molecule has 160 valence electrons. The number of urea groups is 1. The molecule has 1 fully saturated rings. The summed E-state index contributed by atoms with van der Waals surface area (Å²) < 4.78 is 31.6. The summed E-state index contributed by atoms with van der Waals surface area (Å²) in [5.41, 5.74) is 0. The van der Waals surface area contributed by atoms with Gasteiger partial charge in [0.25, 0.3) is 5.91 Å². The number of amides is 3. The summed E-state index contributed by atoms with van der Waals surface area (Å²) in [7, 11) is -3.91. The highest BCUT2D eigenvalue weighted by molar-refractivity contribution is 7.89. The number of rotatable bonds is 7. The molecule has 1 aliphatic heterocycles. The molecule has 2 N–H and O–H groups in total. The largest absolute Gasteiger partial charge is 0.454 e. The molecule has 1 aliphatic rings. The number of nitrogens with one attached hydrogen (secondary N) is 2. The first-order chi connectivity index (χ1) is 13.6. The molecule has 2 rings (SSSR count). The van der Waals surface area contributed by atoms with Crippen LogP contribution in [0.25, 0.3) is 0 Å². The molecule has 0 unspecified atom stereocenters. The van der Waals surface area contributed by atoms with Crippen LogP contribution in [0.15, 0.2) is 29.2 Å². The van der Waals surface area contributed by atoms with E-state index in [1.165, 1.54) is 24.3 Å². The maximum atomic E-state index is 12.8. The molecule has 1 atom stereocenters. The quantitative estimate of drug-likeness (QED) is 0.613. The Balaban J connectivity index is 1.93. The summed E-state index contributed by atoms with van der Waals surface area (Å²) in [6.45, 7) is 3.66. The van der Waals surface area contributed by atoms with Gasteiger partial charge < -0.3 is 10.1 Å². The van der Waals surface area contributed by atoms with Gasteiger partial charge in [0, 0.05) is 18.1 Å². The highest BCUT2D eigenvalue weighted by atomic mass is 35.5. The molecule has 1 aromatic carbocycles. The second kappa shape index (κ2) is 10.0. The predicted octanol–water partition coefficient (Wildman–Crippen LogP) is 1.52. The molecule has 29 heavy (non-hydrogen) atoms. The van der Waals surface area contributed by atoms with Crippen molar-refractivity contribution in [3.8, 4) is 0 Å². The maximum Gasteiger partial charge on any atom is 0.324 e. The average Bonchev–Trinajstić information content (AvgIpc) is 3.15. The van der Waals surface area contributed by atoms with Crippen LogP contribution in [-0.2, 0) is 24.3 Å². The summed E-state index contributed by atoms with van der Waals surface area (Å²) in [5, 5.41) is 4.93. The van der Waals surface area contributed by atoms with E-state index >= 15 is 0 Å². The molecular formula is C18H24ClN3O6S. The molecule has 0 bridgehead atoms. The van der Waals surface area contributed by atoms with Gasteiger partial charge in [0.15, 0.2) is 6.61 Å². The zero-order chi connectivity index (χ0) is 21.6. The number of sulfonamides is 1. The normalized spacial score (nSPS) is 17.2. The van der Waals surface area contributed by atoms with Crippen LogP contribution in [0, 0.1) is 5.92 Å². The fourth-order valence-corrected chi connectivity index (χ4v) is 4.51. The van der Waals surface area contributed by atoms with Crippen LogP contribution < -0.4 is 10.6 Å². The number of esters is 1. The van der Waals surface area contributed by atoms with E-state index in [-0.39, 0.29) is 23.8 Å². The van der Waals surface area contributed by atoms with Gasteiger partial charge in [0.2, 0.25) is 10.0 Å². The Labute approximate surface area is 174 Å². The summed E-state index contributed by atoms with van der Waals surface area (Å²) in [6.07, 6.45) is 0.762. The molecule has 3 amide bonds. The third-order valence-electron chi connectivity index (χ3n) is 4.17. The standard InChI is InChI=1S/C18H24ClN3O6S/c1-12(2)10-20-18(25)21-16(23)11-28-17(24)15-4-3-9-22(15)29(26,27)14-7-5-13(19)6-8-14/h5-8,12,15H,3-4,9-11H2,1-2H3,(H2,20,21,23,25)/t15-/m0/s1. The lowest BCUT2D eigenvalue weighted by molar-refractivity contribution is -0.151. The molecule has 0 radical (unpaired) electrons. The van der Waals surface area contributed by atoms with E-state index in [9.17, 15) is 22.8 Å². The lowest BCUT2D eigenvalue weighted by Crippen LogP contribution is -2.44. The topological polar surface area (TPSA) is 122 Å². The lowest BCUT2D eigenvalue weighted by atomic mass is 10.2. The minimum Gasteiger partial charge on any atom is -0.454 e. The number of carbonyl (C=O) groups is 3. The van der Waals surface area contributed by atoms with E-state index < -0.39 is 40.6 Å². The Hall–Kier alpha value is -2.17. The van der Waals surface area contributed by atoms with Gasteiger partial charge in [0.1, 0.15) is 6.04 Å². The first-order valence-corrected chi connectivity index (χ1v) is 10.9. The lowest BCUT2D eigenvalue weighted by Gasteiger charge is -2.22. The highest BCUT2D eigenvalue weighted by Gasteiger charge is 2.40. The zero-order valence-electron chi connectivity index (χ0n) is 16.2. The molecule has 0 saturated carbocycles. The molecule has 0 aromatic heterocycles. The summed E-state index contributed by atoms with van der Waals surface area (Å²) >= 11 is 5.79. The van der Waals surface area contributed by atoms with Crippen molar-refractivity contribution in [3.63, 3.8) is 0 Å². The molecule has 1 heterocycles. The van der Waals surface area contributed by atoms with E-state index in [0.717, 1.165) is 4.31 Å². The second-order valence-corrected chi connectivity index (χ2v) is 9.31. The van der Waals surface area contributed by atoms with Gasteiger partial charge >= 0.3 is 12.0 Å². The zero-order valence-corrected chi connectivity index (χ0v) is 17.8. The number of halogens is 1. The molecule has 1 saturated heterocycles. The smallest absolute Gasteiger partial charge is 0.324 e. The van der Waals surface area contributed by atoms with E-state index in [0.29, 0.717) is 18.0 Å². The van der Waals surface area contributed by atoms with E-state index in [2.05, 4.69) is 5.32 Å². The number of hydrogen-bond donors (Lipinski definition) is 2. The van der Waals surface area contributed by atoms with Gasteiger partial charge in [-0.2, -0.15) is 4.31 Å². The van der Waals surface area contributed by atoms with Crippen molar-refractivity contribution in [2.24, 2.45) is 5.92 Å². The van der Waals surface area contributed by atoms with Crippen molar-refractivity contribution in [2.45, 2.75) is 37.6 Å². The van der Waals surface area contributed by atoms with Crippen molar-refractivity contribution in [1.29, 1.82) is 0 Å². The van der Waals surface area contributed by atoms with E-state index in [1.54, 1.807) is 0 Å². The van der Waals surface area contributed by atoms with Gasteiger partial charge in [-0.3, -0.25) is 14.9 Å². The summed E-state index contributed by atoms with van der Waals surface area (Å²) in [6, 6.07) is 3.91. The molecular weight excluding hydrogens is 422 g/mol. The number of carbonyl (C=O) groups excluding carboxylic acids is 3. The van der Waals surface area contributed by atoms with Crippen molar-refractivity contribution in [1.82, 2.24) is 14.9 Å². The van der Waals surface area contributed by atoms with E-state index in [4.69, 9.17) is 16.3 Å². The van der Waals surface area contributed by atoms with Crippen LogP contribution in [0.4, 0.5) is 4.79 Å². The van der Waals surface area contributed by atoms with Crippen LogP contribution in [0.3, 0.4) is 0 Å². The fourth-order valence-electron chi connectivity index (χ4n) is 2.74. The van der Waals surface area contributed by atoms with Crippen LogP contribution in [0.5, 0.6) is 0 Å². The van der Waals surface area contributed by atoms with Gasteiger partial charge in [0.05, 0.1) is 4.90 Å².